The smallest absolute Gasteiger partial charge is 0.317 e. The number of allylic oxidation sites excluding steroid dienone is 2. The first-order chi connectivity index (χ1) is 8.24. The maximum atomic E-state index is 11.2. The zero-order chi connectivity index (χ0) is 12.5. The second-order valence-electron chi connectivity index (χ2n) is 4.57. The first kappa shape index (κ1) is 13.9. The Morgan fingerprint density at radius 3 is 2.59 bits per heavy atom. The van der Waals surface area contributed by atoms with Crippen molar-refractivity contribution in [2.24, 2.45) is 5.92 Å². The molecule has 0 aromatic carbocycles. The van der Waals surface area contributed by atoms with E-state index in [1.165, 1.54) is 12.8 Å². The molecular weight excluding hydrogens is 216 g/mol. The van der Waals surface area contributed by atoms with Crippen LogP contribution in [-0.2, 0) is 14.3 Å². The predicted octanol–water partition coefficient (Wildman–Crippen LogP) is 3.38. The van der Waals surface area contributed by atoms with Gasteiger partial charge in [-0.3, -0.25) is 9.59 Å². The highest BCUT2D eigenvalue weighted by Gasteiger charge is 2.32. The lowest BCUT2D eigenvalue weighted by molar-refractivity contribution is -0.153. The number of cyclic esters (lactones) is 2. The van der Waals surface area contributed by atoms with E-state index in [2.05, 4.69) is 23.8 Å². The highest BCUT2D eigenvalue weighted by molar-refractivity contribution is 5.94. The number of carbonyl (C=O) groups excluding carboxylic acids is 2. The van der Waals surface area contributed by atoms with Crippen molar-refractivity contribution < 1.29 is 14.3 Å². The van der Waals surface area contributed by atoms with Crippen molar-refractivity contribution in [2.45, 2.75) is 58.3 Å². The second-order valence-corrected chi connectivity index (χ2v) is 4.57. The molecule has 1 aliphatic heterocycles. The van der Waals surface area contributed by atoms with Crippen molar-refractivity contribution in [1.29, 1.82) is 0 Å². The maximum Gasteiger partial charge on any atom is 0.317 e. The molecule has 0 amide bonds. The van der Waals surface area contributed by atoms with Gasteiger partial charge in [-0.1, -0.05) is 38.3 Å². The Kier molecular flexibility index (Phi) is 6.60. The Balaban J connectivity index is 1.96. The zero-order valence-corrected chi connectivity index (χ0v) is 10.6. The molecule has 1 rings (SSSR count). The fraction of sp³-hybridized carbons (Fsp3) is 0.714. The summed E-state index contributed by atoms with van der Waals surface area (Å²) in [6.07, 6.45) is 12.3. The van der Waals surface area contributed by atoms with Crippen LogP contribution in [0.2, 0.25) is 0 Å². The fourth-order valence-corrected chi connectivity index (χ4v) is 2.03. The van der Waals surface area contributed by atoms with Crippen molar-refractivity contribution in [1.82, 2.24) is 0 Å². The molecule has 0 aliphatic carbocycles. The summed E-state index contributed by atoms with van der Waals surface area (Å²) < 4.78 is 4.51. The van der Waals surface area contributed by atoms with Gasteiger partial charge in [0.05, 0.1) is 12.3 Å². The topological polar surface area (TPSA) is 43.4 Å². The van der Waals surface area contributed by atoms with Crippen molar-refractivity contribution in [3.63, 3.8) is 0 Å². The average Bonchev–Trinajstić information content (AvgIpc) is 2.61. The van der Waals surface area contributed by atoms with Gasteiger partial charge in [-0.2, -0.15) is 0 Å². The van der Waals surface area contributed by atoms with Crippen LogP contribution < -0.4 is 0 Å². The predicted molar refractivity (Wildman–Crippen MR) is 66.3 cm³/mol. The molecule has 1 fully saturated rings. The molecule has 1 heterocycles. The molecule has 3 nitrogen and oxygen atoms in total. The third-order valence-corrected chi connectivity index (χ3v) is 3.04. The van der Waals surface area contributed by atoms with Crippen LogP contribution in [0.4, 0.5) is 0 Å². The molecule has 1 unspecified atom stereocenters. The van der Waals surface area contributed by atoms with Gasteiger partial charge in [-0.25, -0.2) is 0 Å². The molecule has 3 heteroatoms. The third kappa shape index (κ3) is 5.66. The lowest BCUT2D eigenvalue weighted by Crippen LogP contribution is -2.06. The van der Waals surface area contributed by atoms with Gasteiger partial charge in [-0.15, -0.1) is 0 Å². The van der Waals surface area contributed by atoms with E-state index in [4.69, 9.17) is 0 Å². The van der Waals surface area contributed by atoms with Crippen LogP contribution in [0.3, 0.4) is 0 Å². The number of hydrogen-bond donors (Lipinski definition) is 0. The van der Waals surface area contributed by atoms with E-state index in [9.17, 15) is 9.59 Å². The molecule has 0 aromatic heterocycles. The molecule has 17 heavy (non-hydrogen) atoms. The lowest BCUT2D eigenvalue weighted by atomic mass is 9.99. The van der Waals surface area contributed by atoms with E-state index >= 15 is 0 Å². The highest BCUT2D eigenvalue weighted by atomic mass is 16.6. The van der Waals surface area contributed by atoms with E-state index in [1.807, 2.05) is 0 Å². The van der Waals surface area contributed by atoms with Crippen LogP contribution in [0.25, 0.3) is 0 Å². The summed E-state index contributed by atoms with van der Waals surface area (Å²) in [6.45, 7) is 2.14. The van der Waals surface area contributed by atoms with Crippen LogP contribution in [0.15, 0.2) is 12.2 Å². The van der Waals surface area contributed by atoms with Gasteiger partial charge in [0, 0.05) is 0 Å². The minimum absolute atomic E-state index is 0.164. The van der Waals surface area contributed by atoms with E-state index in [0.717, 1.165) is 32.1 Å². The van der Waals surface area contributed by atoms with Gasteiger partial charge in [0.25, 0.3) is 0 Å². The number of hydrogen-bond acceptors (Lipinski definition) is 3. The summed E-state index contributed by atoms with van der Waals surface area (Å²) in [7, 11) is 0. The Hall–Kier alpha value is -1.12. The largest absolute Gasteiger partial charge is 0.393 e. The molecule has 0 bridgehead atoms. The van der Waals surface area contributed by atoms with E-state index in [0.29, 0.717) is 0 Å². The standard InChI is InChI=1S/C14H22O3/c1-2-3-4-5-6-7-8-9-10-12-11-13(15)17-14(12)16/h3-4,12H,2,5-11H2,1H3/b4-3+. The van der Waals surface area contributed by atoms with Crippen LogP contribution >= 0.6 is 0 Å². The third-order valence-electron chi connectivity index (χ3n) is 3.04. The summed E-state index contributed by atoms with van der Waals surface area (Å²) in [5, 5.41) is 0. The van der Waals surface area contributed by atoms with Gasteiger partial charge >= 0.3 is 11.9 Å². The summed E-state index contributed by atoms with van der Waals surface area (Å²) >= 11 is 0. The second kappa shape index (κ2) is 8.04. The van der Waals surface area contributed by atoms with Crippen molar-refractivity contribution in [2.75, 3.05) is 0 Å². The van der Waals surface area contributed by atoms with E-state index < -0.39 is 0 Å². The zero-order valence-electron chi connectivity index (χ0n) is 10.6. The van der Waals surface area contributed by atoms with Crippen LogP contribution in [0.5, 0.6) is 0 Å². The maximum absolute atomic E-state index is 11.2. The number of rotatable bonds is 8. The number of carbonyl (C=O) groups is 2. The molecule has 0 N–H and O–H groups in total. The summed E-state index contributed by atoms with van der Waals surface area (Å²) in [6, 6.07) is 0. The highest BCUT2D eigenvalue weighted by Crippen LogP contribution is 2.22. The van der Waals surface area contributed by atoms with E-state index in [1.54, 1.807) is 0 Å². The Morgan fingerprint density at radius 1 is 1.18 bits per heavy atom. The molecule has 0 radical (unpaired) electrons. The van der Waals surface area contributed by atoms with Crippen LogP contribution in [-0.4, -0.2) is 11.9 Å². The molecular formula is C14H22O3. The first-order valence-corrected chi connectivity index (χ1v) is 6.63. The molecule has 1 atom stereocenters. The minimum atomic E-state index is -0.357. The van der Waals surface area contributed by atoms with E-state index in [-0.39, 0.29) is 24.3 Å². The van der Waals surface area contributed by atoms with Gasteiger partial charge in [-0.05, 0) is 25.7 Å². The summed E-state index contributed by atoms with van der Waals surface area (Å²) in [5.74, 6) is -0.840. The first-order valence-electron chi connectivity index (χ1n) is 6.63. The lowest BCUT2D eigenvalue weighted by Gasteiger charge is -2.03. The summed E-state index contributed by atoms with van der Waals surface area (Å²) in [4.78, 5) is 22.0. The Labute approximate surface area is 103 Å². The molecule has 0 aromatic rings. The van der Waals surface area contributed by atoms with Crippen molar-refractivity contribution in [3.05, 3.63) is 12.2 Å². The van der Waals surface area contributed by atoms with Gasteiger partial charge in [0.1, 0.15) is 0 Å². The van der Waals surface area contributed by atoms with Gasteiger partial charge < -0.3 is 4.74 Å². The minimum Gasteiger partial charge on any atom is -0.393 e. The molecule has 1 saturated heterocycles. The Morgan fingerprint density at radius 2 is 1.94 bits per heavy atom. The monoisotopic (exact) mass is 238 g/mol. The number of ether oxygens (including phenoxy) is 1. The number of unbranched alkanes of at least 4 members (excludes halogenated alkanes) is 4. The molecule has 96 valence electrons. The van der Waals surface area contributed by atoms with Crippen molar-refractivity contribution in [3.8, 4) is 0 Å². The quantitative estimate of drug-likeness (QED) is 0.282. The molecule has 0 saturated carbocycles. The molecule has 1 aliphatic rings. The number of esters is 2. The van der Waals surface area contributed by atoms with Crippen LogP contribution in [0, 0.1) is 5.92 Å². The van der Waals surface area contributed by atoms with Crippen LogP contribution in [0.1, 0.15) is 58.3 Å². The fourth-order valence-electron chi connectivity index (χ4n) is 2.03. The normalized spacial score (nSPS) is 20.2. The van der Waals surface area contributed by atoms with Gasteiger partial charge in [0.2, 0.25) is 0 Å². The van der Waals surface area contributed by atoms with Crippen molar-refractivity contribution >= 4 is 11.9 Å². The Bertz CT molecular complexity index is 281. The molecule has 0 spiro atoms. The average molecular weight is 238 g/mol. The SMILES string of the molecule is CC/C=C/CCCCCCC1CC(=O)OC1=O. The summed E-state index contributed by atoms with van der Waals surface area (Å²) in [5.41, 5.74) is 0. The van der Waals surface area contributed by atoms with Gasteiger partial charge in [0.15, 0.2) is 0 Å².